The zero-order chi connectivity index (χ0) is 35.0. The molecule has 3 aromatic carbocycles. The van der Waals surface area contributed by atoms with Crippen LogP contribution in [0.2, 0.25) is 0 Å². The molecule has 0 radical (unpaired) electrons. The molecule has 1 saturated heterocycles. The number of benzene rings is 3. The van der Waals surface area contributed by atoms with E-state index >= 15 is 0 Å². The third-order valence-corrected chi connectivity index (χ3v) is 10.5. The van der Waals surface area contributed by atoms with Gasteiger partial charge in [-0.25, -0.2) is 13.9 Å². The summed E-state index contributed by atoms with van der Waals surface area (Å²) >= 11 is 0. The number of nitrogens with zero attached hydrogens (tertiary/aromatic N) is 7. The molecule has 11 nitrogen and oxygen atoms in total. The van der Waals surface area contributed by atoms with Crippen molar-refractivity contribution in [2.45, 2.75) is 45.6 Å². The molecule has 2 aliphatic heterocycles. The van der Waals surface area contributed by atoms with Crippen molar-refractivity contribution in [1.82, 2.24) is 38.6 Å². The van der Waals surface area contributed by atoms with Gasteiger partial charge in [0.15, 0.2) is 0 Å². The van der Waals surface area contributed by atoms with Crippen molar-refractivity contribution in [2.75, 3.05) is 19.8 Å². The fourth-order valence-electron chi connectivity index (χ4n) is 7.76. The van der Waals surface area contributed by atoms with E-state index in [0.717, 1.165) is 59.1 Å². The predicted molar refractivity (Wildman–Crippen MR) is 192 cm³/mol. The number of fused-ring (bicyclic) bond motifs is 3. The van der Waals surface area contributed by atoms with Gasteiger partial charge in [0.1, 0.15) is 17.3 Å². The molecule has 9 rings (SSSR count). The highest BCUT2D eigenvalue weighted by Crippen LogP contribution is 2.32. The minimum Gasteiger partial charge on any atom is -0.381 e. The van der Waals surface area contributed by atoms with Gasteiger partial charge in [0.25, 0.3) is 5.91 Å². The number of H-pyrrole nitrogens is 1. The van der Waals surface area contributed by atoms with Gasteiger partial charge in [0.05, 0.1) is 35.3 Å². The number of nitrogens with one attached hydrogen (secondary N) is 1. The molecule has 51 heavy (non-hydrogen) atoms. The maximum atomic E-state index is 14.8. The number of hydrogen-bond donors (Lipinski definition) is 1. The maximum absolute atomic E-state index is 14.8. The summed E-state index contributed by atoms with van der Waals surface area (Å²) in [5.41, 5.74) is 7.24. The van der Waals surface area contributed by atoms with Crippen molar-refractivity contribution in [3.8, 4) is 17.2 Å². The lowest BCUT2D eigenvalue weighted by atomic mass is 9.91. The summed E-state index contributed by atoms with van der Waals surface area (Å²) < 4.78 is 27.0. The van der Waals surface area contributed by atoms with Crippen LogP contribution in [0.1, 0.15) is 57.2 Å². The van der Waals surface area contributed by atoms with Crippen LogP contribution in [0.5, 0.6) is 0 Å². The van der Waals surface area contributed by atoms with E-state index in [2.05, 4.69) is 28.3 Å². The van der Waals surface area contributed by atoms with Crippen molar-refractivity contribution >= 4 is 27.7 Å². The van der Waals surface area contributed by atoms with E-state index in [-0.39, 0.29) is 24.0 Å². The van der Waals surface area contributed by atoms with E-state index in [0.29, 0.717) is 52.9 Å². The molecule has 4 aromatic heterocycles. The predicted octanol–water partition coefficient (Wildman–Crippen LogP) is 6.03. The largest absolute Gasteiger partial charge is 0.381 e. The van der Waals surface area contributed by atoms with Crippen LogP contribution >= 0.6 is 0 Å². The fourth-order valence-corrected chi connectivity index (χ4v) is 7.76. The molecule has 0 spiro atoms. The van der Waals surface area contributed by atoms with Crippen molar-refractivity contribution in [2.24, 2.45) is 7.05 Å². The first kappa shape index (κ1) is 31.2. The third-order valence-electron chi connectivity index (χ3n) is 10.5. The average Bonchev–Trinajstić information content (AvgIpc) is 3.93. The lowest BCUT2D eigenvalue weighted by Gasteiger charge is -2.26. The normalized spacial score (nSPS) is 15.3. The summed E-state index contributed by atoms with van der Waals surface area (Å²) in [4.78, 5) is 33.5. The van der Waals surface area contributed by atoms with Gasteiger partial charge < -0.3 is 14.6 Å². The number of aromatic amines is 1. The number of ether oxygens (including phenoxy) is 1. The van der Waals surface area contributed by atoms with Gasteiger partial charge in [0, 0.05) is 67.5 Å². The van der Waals surface area contributed by atoms with E-state index in [1.165, 1.54) is 5.56 Å². The van der Waals surface area contributed by atoms with Crippen LogP contribution in [0.15, 0.2) is 78.0 Å². The van der Waals surface area contributed by atoms with Crippen molar-refractivity contribution in [1.29, 1.82) is 0 Å². The minimum absolute atomic E-state index is 0.119. The van der Waals surface area contributed by atoms with Gasteiger partial charge in [-0.1, -0.05) is 6.07 Å². The highest BCUT2D eigenvalue weighted by atomic mass is 19.1. The number of carbonyl (C=O) groups is 1. The molecular weight excluding hydrogens is 647 g/mol. The summed E-state index contributed by atoms with van der Waals surface area (Å²) in [7, 11) is 1.88. The molecule has 1 fully saturated rings. The molecule has 6 heterocycles. The molecule has 0 aliphatic carbocycles. The third kappa shape index (κ3) is 5.20. The van der Waals surface area contributed by atoms with Gasteiger partial charge in [-0.3, -0.25) is 18.6 Å². The number of aromatic nitrogens is 7. The van der Waals surface area contributed by atoms with E-state index < -0.39 is 0 Å². The minimum atomic E-state index is -0.294. The van der Waals surface area contributed by atoms with Crippen molar-refractivity contribution in [3.05, 3.63) is 123 Å². The second-order valence-electron chi connectivity index (χ2n) is 13.8. The van der Waals surface area contributed by atoms with Crippen LogP contribution in [0.4, 0.5) is 4.39 Å². The molecule has 0 bridgehead atoms. The molecule has 0 atom stereocenters. The lowest BCUT2D eigenvalue weighted by molar-refractivity contribution is 0.0729. The lowest BCUT2D eigenvalue weighted by Crippen LogP contribution is -2.36. The number of carbonyl (C=O) groups excluding carboxylic acids is 1. The van der Waals surface area contributed by atoms with Crippen LogP contribution < -0.4 is 5.69 Å². The molecular formula is C39H37FN8O3. The number of rotatable bonds is 5. The SMILES string of the molecule is Cc1cc(-n2nc3c(c2-n2ccn(-c4ccc5c(cnn5C)c4)c2=O)CN(C(=O)c2cc4cc(C5CCOCC5)ccc4[nH]2)CC3)cc(C)c1F. The van der Waals surface area contributed by atoms with Crippen LogP contribution in [0.25, 0.3) is 39.0 Å². The van der Waals surface area contributed by atoms with Gasteiger partial charge >= 0.3 is 5.69 Å². The number of imidazole rings is 1. The van der Waals surface area contributed by atoms with Gasteiger partial charge in [-0.2, -0.15) is 10.2 Å². The Hall–Kier alpha value is -5.75. The molecule has 1 N–H and O–H groups in total. The zero-order valence-electron chi connectivity index (χ0n) is 28.7. The summed E-state index contributed by atoms with van der Waals surface area (Å²) in [6.07, 6.45) is 7.72. The highest BCUT2D eigenvalue weighted by molar-refractivity contribution is 5.98. The fraction of sp³-hybridized carbons (Fsp3) is 0.282. The van der Waals surface area contributed by atoms with Gasteiger partial charge in [-0.15, -0.1) is 0 Å². The van der Waals surface area contributed by atoms with Crippen LogP contribution in [0.3, 0.4) is 0 Å². The first-order chi connectivity index (χ1) is 24.7. The Balaban J connectivity index is 1.11. The molecule has 12 heteroatoms. The highest BCUT2D eigenvalue weighted by Gasteiger charge is 2.31. The molecule has 7 aromatic rings. The van der Waals surface area contributed by atoms with Crippen LogP contribution in [-0.2, 0) is 24.8 Å². The number of amides is 1. The second kappa shape index (κ2) is 11.9. The number of aryl methyl sites for hydroxylation is 3. The topological polar surface area (TPSA) is 108 Å². The molecule has 0 saturated carbocycles. The quantitative estimate of drug-likeness (QED) is 0.238. The van der Waals surface area contributed by atoms with E-state index in [4.69, 9.17) is 9.84 Å². The first-order valence-corrected chi connectivity index (χ1v) is 17.3. The van der Waals surface area contributed by atoms with Crippen molar-refractivity contribution < 1.29 is 13.9 Å². The molecule has 1 amide bonds. The smallest absolute Gasteiger partial charge is 0.338 e. The van der Waals surface area contributed by atoms with Crippen LogP contribution in [0, 0.1) is 19.7 Å². The Kier molecular flexibility index (Phi) is 7.32. The Bertz CT molecular complexity index is 2540. The zero-order valence-corrected chi connectivity index (χ0v) is 28.7. The Morgan fingerprint density at radius 1 is 0.941 bits per heavy atom. The Labute approximate surface area is 292 Å². The summed E-state index contributed by atoms with van der Waals surface area (Å²) in [5, 5.41) is 11.3. The number of halogens is 1. The van der Waals surface area contributed by atoms with E-state index in [1.807, 2.05) is 36.2 Å². The first-order valence-electron chi connectivity index (χ1n) is 17.3. The average molecular weight is 685 g/mol. The second-order valence-corrected chi connectivity index (χ2v) is 13.8. The van der Waals surface area contributed by atoms with Crippen LogP contribution in [-0.4, -0.2) is 64.2 Å². The summed E-state index contributed by atoms with van der Waals surface area (Å²) in [5.74, 6) is 0.586. The summed E-state index contributed by atoms with van der Waals surface area (Å²) in [6, 6.07) is 17.6. The van der Waals surface area contributed by atoms with Gasteiger partial charge in [-0.05, 0) is 97.8 Å². The van der Waals surface area contributed by atoms with E-state index in [1.54, 1.807) is 63.1 Å². The van der Waals surface area contributed by atoms with E-state index in [9.17, 15) is 14.0 Å². The number of hydrogen-bond acceptors (Lipinski definition) is 5. The Morgan fingerprint density at radius 2 is 1.73 bits per heavy atom. The standard InChI is InChI=1S/C39H37FN8O3/c1-23-16-30(17-24(2)36(23)40)48-37(47-13-12-46(39(47)50)29-5-7-35-28(19-29)21-41-44(35)3)31-22-45(11-8-33(31)43-48)38(49)34-20-27-18-26(4-6-32(27)42-34)25-9-14-51-15-10-25/h4-7,12-13,16-21,25,42H,8-11,14-15,22H2,1-3H3. The summed E-state index contributed by atoms with van der Waals surface area (Å²) in [6.45, 7) is 5.71. The molecule has 2 aliphatic rings. The molecule has 0 unspecified atom stereocenters. The maximum Gasteiger partial charge on any atom is 0.338 e. The molecule has 258 valence electrons. The monoisotopic (exact) mass is 684 g/mol. The van der Waals surface area contributed by atoms with Crippen molar-refractivity contribution in [3.63, 3.8) is 0 Å². The van der Waals surface area contributed by atoms with Gasteiger partial charge in [0.2, 0.25) is 0 Å². The Morgan fingerprint density at radius 3 is 2.53 bits per heavy atom.